The molecule has 96 valence electrons. The summed E-state index contributed by atoms with van der Waals surface area (Å²) in [4.78, 5) is 8.83. The van der Waals surface area contributed by atoms with Gasteiger partial charge in [-0.15, -0.1) is 23.2 Å². The molecule has 0 aromatic carbocycles. The molecular formula is C12H19Cl2N3. The lowest BCUT2D eigenvalue weighted by Crippen LogP contribution is -2.39. The fourth-order valence-corrected chi connectivity index (χ4v) is 1.74. The maximum Gasteiger partial charge on any atom is 0.223 e. The van der Waals surface area contributed by atoms with Crippen LogP contribution in [0.5, 0.6) is 0 Å². The number of hydrogen-bond donors (Lipinski definition) is 1. The highest BCUT2D eigenvalue weighted by molar-refractivity contribution is 6.22. The van der Waals surface area contributed by atoms with E-state index in [4.69, 9.17) is 23.2 Å². The first-order valence-corrected chi connectivity index (χ1v) is 6.73. The zero-order valence-corrected chi connectivity index (χ0v) is 12.2. The van der Waals surface area contributed by atoms with E-state index in [1.807, 2.05) is 19.9 Å². The Bertz CT molecular complexity index is 376. The molecule has 17 heavy (non-hydrogen) atoms. The highest BCUT2D eigenvalue weighted by atomic mass is 35.5. The number of anilines is 1. The molecule has 0 atom stereocenters. The number of rotatable bonds is 5. The molecule has 0 aliphatic carbocycles. The van der Waals surface area contributed by atoms with Crippen molar-refractivity contribution < 1.29 is 0 Å². The van der Waals surface area contributed by atoms with Crippen LogP contribution in [0.25, 0.3) is 0 Å². The summed E-state index contributed by atoms with van der Waals surface area (Å²) in [5, 5.41) is 3.20. The number of halogens is 2. The van der Waals surface area contributed by atoms with Gasteiger partial charge in [0.25, 0.3) is 0 Å². The van der Waals surface area contributed by atoms with Crippen LogP contribution >= 0.6 is 23.2 Å². The highest BCUT2D eigenvalue weighted by Gasteiger charge is 2.23. The topological polar surface area (TPSA) is 37.8 Å². The van der Waals surface area contributed by atoms with Crippen LogP contribution in [0.2, 0.25) is 0 Å². The minimum absolute atomic E-state index is 0.371. The lowest BCUT2D eigenvalue weighted by molar-refractivity contribution is 0.637. The smallest absolute Gasteiger partial charge is 0.223 e. The van der Waals surface area contributed by atoms with E-state index < -0.39 is 0 Å². The van der Waals surface area contributed by atoms with Crippen LogP contribution in [0.3, 0.4) is 0 Å². The van der Waals surface area contributed by atoms with Crippen LogP contribution in [0.4, 0.5) is 5.95 Å². The Balaban J connectivity index is 2.98. The third-order valence-electron chi connectivity index (χ3n) is 2.47. The first kappa shape index (κ1) is 14.5. The quantitative estimate of drug-likeness (QED) is 0.836. The van der Waals surface area contributed by atoms with Gasteiger partial charge in [0.05, 0.1) is 5.54 Å². The van der Waals surface area contributed by atoms with Crippen molar-refractivity contribution >= 4 is 29.2 Å². The summed E-state index contributed by atoms with van der Waals surface area (Å²) in [6.07, 6.45) is 0. The van der Waals surface area contributed by atoms with Gasteiger partial charge in [-0.3, -0.25) is 0 Å². The number of aromatic nitrogens is 2. The summed E-state index contributed by atoms with van der Waals surface area (Å²) in [6, 6.07) is 1.99. The summed E-state index contributed by atoms with van der Waals surface area (Å²) >= 11 is 11.8. The molecule has 1 heterocycles. The van der Waals surface area contributed by atoms with Gasteiger partial charge >= 0.3 is 0 Å². The van der Waals surface area contributed by atoms with E-state index in [0.717, 1.165) is 11.4 Å². The molecule has 5 heteroatoms. The van der Waals surface area contributed by atoms with Gasteiger partial charge in [0.15, 0.2) is 0 Å². The van der Waals surface area contributed by atoms with E-state index in [1.165, 1.54) is 0 Å². The Kier molecular flexibility index (Phi) is 5.02. The molecule has 0 saturated heterocycles. The summed E-state index contributed by atoms with van der Waals surface area (Å²) in [5.41, 5.74) is 1.58. The van der Waals surface area contributed by atoms with Crippen molar-refractivity contribution in [3.05, 3.63) is 17.5 Å². The van der Waals surface area contributed by atoms with Gasteiger partial charge in [-0.2, -0.15) is 0 Å². The SMILES string of the molecule is Cc1cc(C(C)C)nc(NC(C)(CCl)CCl)n1. The number of nitrogens with one attached hydrogen (secondary N) is 1. The number of nitrogens with zero attached hydrogens (tertiary/aromatic N) is 2. The van der Waals surface area contributed by atoms with Crippen molar-refractivity contribution in [1.82, 2.24) is 9.97 Å². The number of alkyl halides is 2. The van der Waals surface area contributed by atoms with E-state index in [9.17, 15) is 0 Å². The third kappa shape index (κ3) is 4.00. The van der Waals surface area contributed by atoms with Gasteiger partial charge in [0.2, 0.25) is 5.95 Å². The summed E-state index contributed by atoms with van der Waals surface area (Å²) in [6.45, 7) is 8.12. The predicted molar refractivity (Wildman–Crippen MR) is 74.3 cm³/mol. The molecule has 1 N–H and O–H groups in total. The number of hydrogen-bond acceptors (Lipinski definition) is 3. The van der Waals surface area contributed by atoms with Crippen molar-refractivity contribution in [1.29, 1.82) is 0 Å². The Hall–Kier alpha value is -0.540. The zero-order chi connectivity index (χ0) is 13.1. The molecule has 1 rings (SSSR count). The summed E-state index contributed by atoms with van der Waals surface area (Å²) < 4.78 is 0. The molecule has 0 spiro atoms. The summed E-state index contributed by atoms with van der Waals surface area (Å²) in [7, 11) is 0. The molecule has 0 amide bonds. The molecule has 0 aliphatic heterocycles. The van der Waals surface area contributed by atoms with Gasteiger partial charge < -0.3 is 5.32 Å². The molecule has 0 unspecified atom stereocenters. The first-order valence-electron chi connectivity index (χ1n) is 5.66. The van der Waals surface area contributed by atoms with E-state index in [0.29, 0.717) is 23.6 Å². The highest BCUT2D eigenvalue weighted by Crippen LogP contribution is 2.19. The molecule has 1 aromatic heterocycles. The molecule has 0 bridgehead atoms. The second kappa shape index (κ2) is 5.87. The van der Waals surface area contributed by atoms with Gasteiger partial charge in [-0.1, -0.05) is 13.8 Å². The minimum Gasteiger partial charge on any atom is -0.347 e. The van der Waals surface area contributed by atoms with Crippen LogP contribution < -0.4 is 5.32 Å². The second-order valence-electron chi connectivity index (χ2n) is 4.87. The van der Waals surface area contributed by atoms with Gasteiger partial charge in [-0.05, 0) is 25.8 Å². The predicted octanol–water partition coefficient (Wildman–Crippen LogP) is 3.56. The average molecular weight is 276 g/mol. The Morgan fingerprint density at radius 3 is 2.35 bits per heavy atom. The standard InChI is InChI=1S/C12H19Cl2N3/c1-8(2)10-5-9(3)15-11(16-10)17-12(4,6-13)7-14/h5,8H,6-7H2,1-4H3,(H,15,16,17). The van der Waals surface area contributed by atoms with Crippen LogP contribution in [-0.2, 0) is 0 Å². The first-order chi connectivity index (χ1) is 7.90. The van der Waals surface area contributed by atoms with Crippen molar-refractivity contribution in [2.75, 3.05) is 17.1 Å². The van der Waals surface area contributed by atoms with Gasteiger partial charge in [0, 0.05) is 23.1 Å². The van der Waals surface area contributed by atoms with E-state index in [2.05, 4.69) is 29.1 Å². The normalized spacial score (nSPS) is 11.9. The van der Waals surface area contributed by atoms with Crippen LogP contribution in [0, 0.1) is 6.92 Å². The second-order valence-corrected chi connectivity index (χ2v) is 5.40. The van der Waals surface area contributed by atoms with Crippen LogP contribution in [-0.4, -0.2) is 27.3 Å². The molecular weight excluding hydrogens is 257 g/mol. The minimum atomic E-state index is -0.384. The fourth-order valence-electron chi connectivity index (χ4n) is 1.32. The largest absolute Gasteiger partial charge is 0.347 e. The Labute approximate surface area is 113 Å². The van der Waals surface area contributed by atoms with E-state index >= 15 is 0 Å². The fraction of sp³-hybridized carbons (Fsp3) is 0.667. The van der Waals surface area contributed by atoms with Gasteiger partial charge in [0.1, 0.15) is 0 Å². The monoisotopic (exact) mass is 275 g/mol. The summed E-state index contributed by atoms with van der Waals surface area (Å²) in [5.74, 6) is 1.78. The van der Waals surface area contributed by atoms with Crippen LogP contribution in [0.1, 0.15) is 38.1 Å². The van der Waals surface area contributed by atoms with E-state index in [1.54, 1.807) is 0 Å². The molecule has 0 radical (unpaired) electrons. The molecule has 3 nitrogen and oxygen atoms in total. The van der Waals surface area contributed by atoms with Crippen LogP contribution in [0.15, 0.2) is 6.07 Å². The molecule has 0 fully saturated rings. The molecule has 0 saturated carbocycles. The van der Waals surface area contributed by atoms with E-state index in [-0.39, 0.29) is 5.54 Å². The lowest BCUT2D eigenvalue weighted by atomic mass is 10.1. The maximum atomic E-state index is 5.90. The lowest BCUT2D eigenvalue weighted by Gasteiger charge is -2.26. The van der Waals surface area contributed by atoms with Gasteiger partial charge in [-0.25, -0.2) is 9.97 Å². The maximum absolute atomic E-state index is 5.90. The Morgan fingerprint density at radius 2 is 1.88 bits per heavy atom. The van der Waals surface area contributed by atoms with Crippen molar-refractivity contribution in [2.45, 2.75) is 39.2 Å². The van der Waals surface area contributed by atoms with Crippen molar-refractivity contribution in [3.63, 3.8) is 0 Å². The Morgan fingerprint density at radius 1 is 1.29 bits per heavy atom. The molecule has 1 aromatic rings. The molecule has 0 aliphatic rings. The average Bonchev–Trinajstić information content (AvgIpc) is 2.28. The van der Waals surface area contributed by atoms with Crippen molar-refractivity contribution in [2.24, 2.45) is 0 Å². The van der Waals surface area contributed by atoms with Crippen molar-refractivity contribution in [3.8, 4) is 0 Å². The number of aryl methyl sites for hydroxylation is 1. The third-order valence-corrected chi connectivity index (χ3v) is 3.65. The zero-order valence-electron chi connectivity index (χ0n) is 10.7.